The van der Waals surface area contributed by atoms with E-state index >= 15 is 0 Å². The van der Waals surface area contributed by atoms with Crippen molar-refractivity contribution in [3.05, 3.63) is 139 Å². The van der Waals surface area contributed by atoms with Gasteiger partial charge in [-0.25, -0.2) is 15.0 Å². The Morgan fingerprint density at radius 1 is 0.523 bits per heavy atom. The summed E-state index contributed by atoms with van der Waals surface area (Å²) in [5.41, 5.74) is 2.43. The van der Waals surface area contributed by atoms with Gasteiger partial charge in [0.1, 0.15) is 11.2 Å². The van der Waals surface area contributed by atoms with Gasteiger partial charge in [0.05, 0.1) is 8.22 Å². The summed E-state index contributed by atoms with van der Waals surface area (Å²) in [5, 5.41) is 2.25. The molecule has 0 bridgehead atoms. The molecule has 9 aromatic rings. The first-order valence-electron chi connectivity index (χ1n) is 17.1. The van der Waals surface area contributed by atoms with E-state index in [1.54, 1.807) is 35.6 Å². The summed E-state index contributed by atoms with van der Waals surface area (Å²) in [6, 6.07) is 30.9. The van der Waals surface area contributed by atoms with Gasteiger partial charge in [-0.3, -0.25) is 0 Å². The van der Waals surface area contributed by atoms with E-state index in [2.05, 4.69) is 18.2 Å². The van der Waals surface area contributed by atoms with Crippen molar-refractivity contribution in [2.45, 2.75) is 0 Å². The zero-order valence-corrected chi connectivity index (χ0v) is 23.8. The maximum Gasteiger partial charge on any atom is 0.164 e. The first-order valence-corrected chi connectivity index (χ1v) is 14.9. The predicted molar refractivity (Wildman–Crippen MR) is 182 cm³/mol. The third kappa shape index (κ3) is 4.02. The molecule has 0 saturated carbocycles. The smallest absolute Gasteiger partial charge is 0.164 e. The molecule has 0 unspecified atom stereocenters. The standard InChI is InChI=1S/C39H23N3OS/c1-3-11-24(12-4-1)27-16-9-17-29-28-22-21-26(23-32(28)43-36(27)29)38-40-37(25-13-5-2-6-14-25)41-39(42-38)31-18-10-20-34-35(31)30-15-7-8-19-33(30)44-34/h1-23H/i9D,16D,17D,21D,22D,23D. The number of aromatic nitrogens is 3. The Balaban J connectivity index is 1.36. The third-order valence-electron chi connectivity index (χ3n) is 7.66. The molecule has 6 aromatic carbocycles. The number of furan rings is 1. The van der Waals surface area contributed by atoms with Gasteiger partial charge in [-0.05, 0) is 29.8 Å². The lowest BCUT2D eigenvalue weighted by Crippen LogP contribution is -2.00. The lowest BCUT2D eigenvalue weighted by Gasteiger charge is -2.09. The Morgan fingerprint density at radius 2 is 1.23 bits per heavy atom. The van der Waals surface area contributed by atoms with Crippen molar-refractivity contribution in [2.24, 2.45) is 0 Å². The summed E-state index contributed by atoms with van der Waals surface area (Å²) in [6.45, 7) is 0. The summed E-state index contributed by atoms with van der Waals surface area (Å²) >= 11 is 1.67. The third-order valence-corrected chi connectivity index (χ3v) is 8.79. The second-order valence-corrected chi connectivity index (χ2v) is 11.4. The van der Waals surface area contributed by atoms with Crippen LogP contribution >= 0.6 is 11.3 Å². The monoisotopic (exact) mass is 587 g/mol. The van der Waals surface area contributed by atoms with Crippen LogP contribution in [0.5, 0.6) is 0 Å². The van der Waals surface area contributed by atoms with Crippen molar-refractivity contribution in [3.63, 3.8) is 0 Å². The SMILES string of the molecule is [2H]c1c([2H])c([2H])c2c(oc3c([2H])c(-c4nc(-c5ccccc5)nc(-c5cccc6sc7ccccc7c56)n4)c([2H])c([2H])c32)c1-c1ccccc1. The quantitative estimate of drug-likeness (QED) is 0.205. The fourth-order valence-corrected chi connectivity index (χ4v) is 6.75. The van der Waals surface area contributed by atoms with E-state index < -0.39 is 0 Å². The van der Waals surface area contributed by atoms with Gasteiger partial charge in [0, 0.05) is 53.2 Å². The minimum absolute atomic E-state index is 0.0188. The Bertz CT molecular complexity index is 2840. The average Bonchev–Trinajstić information content (AvgIpc) is 3.74. The van der Waals surface area contributed by atoms with Gasteiger partial charge >= 0.3 is 0 Å². The molecule has 0 aliphatic rings. The van der Waals surface area contributed by atoms with E-state index in [4.69, 9.17) is 23.5 Å². The number of hydrogen-bond donors (Lipinski definition) is 0. The summed E-state index contributed by atoms with van der Waals surface area (Å²) < 4.78 is 62.5. The van der Waals surface area contributed by atoms with Crippen LogP contribution in [0, 0.1) is 0 Å². The normalized spacial score (nSPS) is 13.5. The number of benzene rings is 6. The summed E-state index contributed by atoms with van der Waals surface area (Å²) in [5.74, 6) is 0.734. The highest BCUT2D eigenvalue weighted by Gasteiger charge is 2.18. The Morgan fingerprint density at radius 3 is 2.07 bits per heavy atom. The first-order chi connectivity index (χ1) is 24.3. The van der Waals surface area contributed by atoms with Crippen molar-refractivity contribution in [2.75, 3.05) is 0 Å². The van der Waals surface area contributed by atoms with E-state index in [1.807, 2.05) is 60.7 Å². The molecule has 0 aliphatic heterocycles. The van der Waals surface area contributed by atoms with Crippen LogP contribution in [0.1, 0.15) is 8.22 Å². The van der Waals surface area contributed by atoms with Crippen molar-refractivity contribution in [3.8, 4) is 45.3 Å². The van der Waals surface area contributed by atoms with Crippen molar-refractivity contribution >= 4 is 53.4 Å². The fraction of sp³-hybridized carbons (Fsp3) is 0. The highest BCUT2D eigenvalue weighted by atomic mass is 32.1. The van der Waals surface area contributed by atoms with Crippen LogP contribution in [-0.2, 0) is 0 Å². The Kier molecular flexibility index (Phi) is 4.42. The van der Waals surface area contributed by atoms with Crippen LogP contribution in [-0.4, -0.2) is 15.0 Å². The van der Waals surface area contributed by atoms with Crippen molar-refractivity contribution in [1.82, 2.24) is 15.0 Å². The topological polar surface area (TPSA) is 51.8 Å². The van der Waals surface area contributed by atoms with E-state index in [0.29, 0.717) is 22.8 Å². The fourth-order valence-electron chi connectivity index (χ4n) is 5.62. The van der Waals surface area contributed by atoms with E-state index in [-0.39, 0.29) is 75.1 Å². The predicted octanol–water partition coefficient (Wildman–Crippen LogP) is 10.8. The molecule has 0 fully saturated rings. The first kappa shape index (κ1) is 19.5. The van der Waals surface area contributed by atoms with Gasteiger partial charge in [0.25, 0.3) is 0 Å². The number of para-hydroxylation sites is 1. The van der Waals surface area contributed by atoms with E-state index in [9.17, 15) is 4.11 Å². The van der Waals surface area contributed by atoms with Gasteiger partial charge in [-0.1, -0.05) is 115 Å². The van der Waals surface area contributed by atoms with Gasteiger partial charge in [-0.15, -0.1) is 11.3 Å². The number of hydrogen-bond acceptors (Lipinski definition) is 5. The Labute approximate surface area is 265 Å². The molecule has 9 rings (SSSR count). The van der Waals surface area contributed by atoms with Crippen molar-refractivity contribution < 1.29 is 12.6 Å². The second-order valence-electron chi connectivity index (χ2n) is 10.3. The number of rotatable bonds is 4. The van der Waals surface area contributed by atoms with Crippen LogP contribution in [0.25, 0.3) is 87.4 Å². The minimum Gasteiger partial charge on any atom is -0.455 e. The van der Waals surface area contributed by atoms with Crippen molar-refractivity contribution in [1.29, 1.82) is 0 Å². The molecule has 3 heterocycles. The molecule has 3 aromatic heterocycles. The van der Waals surface area contributed by atoms with Crippen LogP contribution in [0.15, 0.2) is 144 Å². The lowest BCUT2D eigenvalue weighted by atomic mass is 10.0. The van der Waals surface area contributed by atoms with Crippen LogP contribution in [0.2, 0.25) is 0 Å². The van der Waals surface area contributed by atoms with Gasteiger partial charge in [0.2, 0.25) is 0 Å². The molecule has 0 atom stereocenters. The largest absolute Gasteiger partial charge is 0.455 e. The molecule has 0 spiro atoms. The van der Waals surface area contributed by atoms with Crippen LogP contribution in [0.3, 0.4) is 0 Å². The maximum atomic E-state index is 9.41. The molecule has 206 valence electrons. The average molecular weight is 588 g/mol. The number of nitrogens with zero attached hydrogens (tertiary/aromatic N) is 3. The molecular weight excluding hydrogens is 559 g/mol. The zero-order valence-electron chi connectivity index (χ0n) is 29.0. The number of fused-ring (bicyclic) bond motifs is 6. The molecule has 0 saturated heterocycles. The molecule has 0 amide bonds. The van der Waals surface area contributed by atoms with Gasteiger partial charge in [0.15, 0.2) is 17.5 Å². The molecule has 0 radical (unpaired) electrons. The molecule has 44 heavy (non-hydrogen) atoms. The summed E-state index contributed by atoms with van der Waals surface area (Å²) in [6.07, 6.45) is 0. The van der Waals surface area contributed by atoms with E-state index in [1.165, 1.54) is 0 Å². The van der Waals surface area contributed by atoms with Crippen LogP contribution in [0.4, 0.5) is 0 Å². The summed E-state index contributed by atoms with van der Waals surface area (Å²) in [7, 11) is 0. The van der Waals surface area contributed by atoms with E-state index in [0.717, 1.165) is 25.7 Å². The van der Waals surface area contributed by atoms with Crippen LogP contribution < -0.4 is 0 Å². The van der Waals surface area contributed by atoms with Gasteiger partial charge in [-0.2, -0.15) is 0 Å². The second kappa shape index (κ2) is 9.97. The highest BCUT2D eigenvalue weighted by Crippen LogP contribution is 2.40. The molecule has 0 N–H and O–H groups in total. The molecule has 5 heteroatoms. The molecule has 4 nitrogen and oxygen atoms in total. The maximum absolute atomic E-state index is 9.41. The summed E-state index contributed by atoms with van der Waals surface area (Å²) in [4.78, 5) is 14.6. The highest BCUT2D eigenvalue weighted by molar-refractivity contribution is 7.25. The minimum atomic E-state index is -0.328. The molecule has 0 aliphatic carbocycles. The van der Waals surface area contributed by atoms with Gasteiger partial charge < -0.3 is 4.42 Å². The zero-order chi connectivity index (χ0) is 34.3. The Hall–Kier alpha value is -5.65. The number of thiophene rings is 1. The lowest BCUT2D eigenvalue weighted by molar-refractivity contribution is 0.670. The molecular formula is C39H23N3OS.